The molecule has 5 aromatic rings. The molecule has 1 amide bonds. The fourth-order valence-corrected chi connectivity index (χ4v) is 4.77. The molecule has 4 aromatic carbocycles. The average molecular weight is 557 g/mol. The number of ether oxygens (including phenoxy) is 2. The lowest BCUT2D eigenvalue weighted by atomic mass is 10.2. The van der Waals surface area contributed by atoms with Gasteiger partial charge in [-0.2, -0.15) is 0 Å². The van der Waals surface area contributed by atoms with E-state index in [2.05, 4.69) is 15.5 Å². The summed E-state index contributed by atoms with van der Waals surface area (Å²) in [5.74, 6) is 1.98. The summed E-state index contributed by atoms with van der Waals surface area (Å²) in [6.45, 7) is 0.480. The first-order chi connectivity index (χ1) is 19.1. The maximum Gasteiger partial charge on any atom is 0.234 e. The number of thioether (sulfide) groups is 1. The monoisotopic (exact) mass is 556 g/mol. The zero-order valence-electron chi connectivity index (χ0n) is 21.1. The summed E-state index contributed by atoms with van der Waals surface area (Å²) in [6.07, 6.45) is 0. The Morgan fingerprint density at radius 1 is 0.897 bits per heavy atom. The van der Waals surface area contributed by atoms with E-state index in [9.17, 15) is 4.79 Å². The molecule has 0 saturated heterocycles. The number of hydrogen-bond donors (Lipinski definition) is 1. The van der Waals surface area contributed by atoms with Crippen molar-refractivity contribution in [1.29, 1.82) is 0 Å². The number of halogens is 1. The van der Waals surface area contributed by atoms with Gasteiger partial charge in [0.15, 0.2) is 11.0 Å². The molecule has 9 heteroatoms. The highest BCUT2D eigenvalue weighted by Gasteiger charge is 2.20. The minimum atomic E-state index is -0.164. The lowest BCUT2D eigenvalue weighted by Gasteiger charge is -2.12. The lowest BCUT2D eigenvalue weighted by molar-refractivity contribution is -0.113. The predicted molar refractivity (Wildman–Crippen MR) is 155 cm³/mol. The number of benzene rings is 4. The lowest BCUT2D eigenvalue weighted by Crippen LogP contribution is -2.14. The largest absolute Gasteiger partial charge is 0.496 e. The van der Waals surface area contributed by atoms with Crippen molar-refractivity contribution in [2.75, 3.05) is 18.2 Å². The van der Waals surface area contributed by atoms with Crippen LogP contribution >= 0.6 is 23.4 Å². The van der Waals surface area contributed by atoms with E-state index in [4.69, 9.17) is 21.1 Å². The molecule has 0 bridgehead atoms. The third kappa shape index (κ3) is 6.60. The molecule has 39 heavy (non-hydrogen) atoms. The van der Waals surface area contributed by atoms with Gasteiger partial charge in [0.1, 0.15) is 18.1 Å². The summed E-state index contributed by atoms with van der Waals surface area (Å²) in [5, 5.41) is 12.9. The van der Waals surface area contributed by atoms with Gasteiger partial charge in [-0.15, -0.1) is 10.2 Å². The summed E-state index contributed by atoms with van der Waals surface area (Å²) in [4.78, 5) is 12.8. The highest BCUT2D eigenvalue weighted by atomic mass is 35.5. The Morgan fingerprint density at radius 2 is 1.62 bits per heavy atom. The Hall–Kier alpha value is -4.27. The first-order valence-corrected chi connectivity index (χ1v) is 13.5. The van der Waals surface area contributed by atoms with Crippen LogP contribution in [0.3, 0.4) is 0 Å². The highest BCUT2D eigenvalue weighted by molar-refractivity contribution is 7.99. The van der Waals surface area contributed by atoms with Crippen molar-refractivity contribution < 1.29 is 14.3 Å². The van der Waals surface area contributed by atoms with Gasteiger partial charge in [0.25, 0.3) is 0 Å². The summed E-state index contributed by atoms with van der Waals surface area (Å²) in [7, 11) is 1.61. The number of aromatic nitrogens is 3. The van der Waals surface area contributed by atoms with E-state index in [1.165, 1.54) is 11.8 Å². The molecule has 0 aliphatic rings. The van der Waals surface area contributed by atoms with Crippen molar-refractivity contribution in [2.24, 2.45) is 0 Å². The van der Waals surface area contributed by atoms with Crippen molar-refractivity contribution in [3.8, 4) is 28.6 Å². The molecule has 1 aromatic heterocycles. The van der Waals surface area contributed by atoms with Crippen LogP contribution in [0.4, 0.5) is 5.69 Å². The first-order valence-electron chi connectivity index (χ1n) is 12.1. The molecule has 0 spiro atoms. The Balaban J connectivity index is 1.27. The molecular formula is C30H25ClN4O3S. The summed E-state index contributed by atoms with van der Waals surface area (Å²) in [5.41, 5.74) is 3.38. The second-order valence-electron chi connectivity index (χ2n) is 8.45. The maximum atomic E-state index is 12.8. The second kappa shape index (κ2) is 12.5. The normalized spacial score (nSPS) is 10.7. The van der Waals surface area contributed by atoms with E-state index in [0.717, 1.165) is 22.6 Å². The number of hydrogen-bond acceptors (Lipinski definition) is 6. The SMILES string of the molecule is COc1ccccc1-c1nnc(SCC(=O)Nc2ccc(OCc3ccccc3)cc2)n1-c1ccc(Cl)cc1. The van der Waals surface area contributed by atoms with Gasteiger partial charge in [-0.05, 0) is 66.2 Å². The quantitative estimate of drug-likeness (QED) is 0.188. The fraction of sp³-hybridized carbons (Fsp3) is 0.100. The van der Waals surface area contributed by atoms with Crippen LogP contribution in [0, 0.1) is 0 Å². The third-order valence-electron chi connectivity index (χ3n) is 5.78. The van der Waals surface area contributed by atoms with Gasteiger partial charge in [0, 0.05) is 16.4 Å². The second-order valence-corrected chi connectivity index (χ2v) is 9.83. The zero-order chi connectivity index (χ0) is 27.0. The van der Waals surface area contributed by atoms with Crippen molar-refractivity contribution in [2.45, 2.75) is 11.8 Å². The molecule has 196 valence electrons. The topological polar surface area (TPSA) is 78.3 Å². The molecule has 0 radical (unpaired) electrons. The van der Waals surface area contributed by atoms with Crippen LogP contribution < -0.4 is 14.8 Å². The minimum Gasteiger partial charge on any atom is -0.496 e. The van der Waals surface area contributed by atoms with Crippen molar-refractivity contribution in [1.82, 2.24) is 14.8 Å². The summed E-state index contributed by atoms with van der Waals surface area (Å²) in [6, 6.07) is 32.2. The molecule has 7 nitrogen and oxygen atoms in total. The number of rotatable bonds is 10. The van der Waals surface area contributed by atoms with Crippen molar-refractivity contribution >= 4 is 35.0 Å². The van der Waals surface area contributed by atoms with Crippen molar-refractivity contribution in [3.63, 3.8) is 0 Å². The van der Waals surface area contributed by atoms with Crippen LogP contribution in [-0.2, 0) is 11.4 Å². The number of amides is 1. The summed E-state index contributed by atoms with van der Waals surface area (Å²) >= 11 is 7.42. The number of anilines is 1. The third-order valence-corrected chi connectivity index (χ3v) is 6.97. The van der Waals surface area contributed by atoms with E-state index in [0.29, 0.717) is 34.0 Å². The number of carbonyl (C=O) groups excluding carboxylic acids is 1. The zero-order valence-corrected chi connectivity index (χ0v) is 22.7. The minimum absolute atomic E-state index is 0.143. The van der Waals surface area contributed by atoms with Gasteiger partial charge in [0.2, 0.25) is 5.91 Å². The van der Waals surface area contributed by atoms with E-state index in [1.807, 2.05) is 95.6 Å². The van der Waals surface area contributed by atoms with Crippen LogP contribution in [0.25, 0.3) is 17.1 Å². The standard InChI is InChI=1S/C30H25ClN4O3S/c1-37-27-10-6-5-9-26(27)29-33-34-30(35(29)24-15-11-22(31)12-16-24)39-20-28(36)32-23-13-17-25(18-14-23)38-19-21-7-3-2-4-8-21/h2-18H,19-20H2,1H3,(H,32,36). The van der Waals surface area contributed by atoms with Crippen LogP contribution in [0.1, 0.15) is 5.56 Å². The number of carbonyl (C=O) groups is 1. The smallest absolute Gasteiger partial charge is 0.234 e. The molecule has 0 aliphatic carbocycles. The first kappa shape index (κ1) is 26.3. The van der Waals surface area contributed by atoms with Crippen molar-refractivity contribution in [3.05, 3.63) is 114 Å². The van der Waals surface area contributed by atoms with Gasteiger partial charge in [-0.25, -0.2) is 0 Å². The van der Waals surface area contributed by atoms with Gasteiger partial charge in [-0.3, -0.25) is 9.36 Å². The number of nitrogens with one attached hydrogen (secondary N) is 1. The number of methoxy groups -OCH3 is 1. The van der Waals surface area contributed by atoms with Gasteiger partial charge < -0.3 is 14.8 Å². The molecule has 0 unspecified atom stereocenters. The maximum absolute atomic E-state index is 12.8. The molecule has 5 rings (SSSR count). The Kier molecular flexibility index (Phi) is 8.45. The van der Waals surface area contributed by atoms with E-state index >= 15 is 0 Å². The molecule has 0 atom stereocenters. The molecule has 1 heterocycles. The van der Waals surface area contributed by atoms with Crippen LogP contribution in [-0.4, -0.2) is 33.5 Å². The van der Waals surface area contributed by atoms with Gasteiger partial charge in [0.05, 0.1) is 18.4 Å². The molecular weight excluding hydrogens is 532 g/mol. The van der Waals surface area contributed by atoms with Gasteiger partial charge in [-0.1, -0.05) is 65.8 Å². The highest BCUT2D eigenvalue weighted by Crippen LogP contribution is 2.33. The Bertz CT molecular complexity index is 1540. The van der Waals surface area contributed by atoms with Crippen LogP contribution in [0.15, 0.2) is 108 Å². The number of para-hydroxylation sites is 1. The molecule has 1 N–H and O–H groups in total. The number of nitrogens with zero attached hydrogens (tertiary/aromatic N) is 3. The molecule has 0 saturated carbocycles. The van der Waals surface area contributed by atoms with Crippen LogP contribution in [0.2, 0.25) is 5.02 Å². The Labute approximate surface area is 235 Å². The summed E-state index contributed by atoms with van der Waals surface area (Å²) < 4.78 is 13.3. The average Bonchev–Trinajstić information content (AvgIpc) is 3.40. The van der Waals surface area contributed by atoms with E-state index in [1.54, 1.807) is 19.2 Å². The van der Waals surface area contributed by atoms with E-state index < -0.39 is 0 Å². The predicted octanol–water partition coefficient (Wildman–Crippen LogP) is 6.91. The van der Waals surface area contributed by atoms with Crippen LogP contribution in [0.5, 0.6) is 11.5 Å². The van der Waals surface area contributed by atoms with E-state index in [-0.39, 0.29) is 11.7 Å². The Morgan fingerprint density at radius 3 is 2.36 bits per heavy atom. The molecule has 0 aliphatic heterocycles. The van der Waals surface area contributed by atoms with Gasteiger partial charge >= 0.3 is 0 Å². The fourth-order valence-electron chi connectivity index (χ4n) is 3.89. The molecule has 0 fully saturated rings.